The first kappa shape index (κ1) is 24.1. The van der Waals surface area contributed by atoms with Gasteiger partial charge in [0.2, 0.25) is 0 Å². The number of esters is 1. The average Bonchev–Trinajstić information content (AvgIpc) is 3.05. The molecule has 182 valence electrons. The Balaban J connectivity index is 1.56. The Morgan fingerprint density at radius 1 is 1.27 bits per heavy atom. The zero-order chi connectivity index (χ0) is 23.8. The molecule has 1 N–H and O–H groups in total. The highest BCUT2D eigenvalue weighted by molar-refractivity contribution is 5.76. The Labute approximate surface area is 197 Å². The van der Waals surface area contributed by atoms with E-state index in [1.54, 1.807) is 21.1 Å². The van der Waals surface area contributed by atoms with Gasteiger partial charge in [-0.05, 0) is 55.2 Å². The van der Waals surface area contributed by atoms with E-state index in [0.717, 1.165) is 12.0 Å². The van der Waals surface area contributed by atoms with Gasteiger partial charge in [-0.15, -0.1) is 0 Å². The van der Waals surface area contributed by atoms with Gasteiger partial charge < -0.3 is 19.3 Å². The van der Waals surface area contributed by atoms with Gasteiger partial charge in [0.05, 0.1) is 26.2 Å². The summed E-state index contributed by atoms with van der Waals surface area (Å²) in [7, 11) is 3.25. The summed E-state index contributed by atoms with van der Waals surface area (Å²) in [5.74, 6) is 1.74. The van der Waals surface area contributed by atoms with Gasteiger partial charge in [-0.25, -0.2) is 0 Å². The lowest BCUT2D eigenvalue weighted by Gasteiger charge is -2.46. The Morgan fingerprint density at radius 2 is 2.03 bits per heavy atom. The third-order valence-corrected chi connectivity index (χ3v) is 7.91. The van der Waals surface area contributed by atoms with Crippen LogP contribution in [0.1, 0.15) is 52.0 Å². The predicted octanol–water partition coefficient (Wildman–Crippen LogP) is 4.20. The molecule has 1 aromatic carbocycles. The first-order chi connectivity index (χ1) is 15.7. The number of nitrogens with zero attached hydrogens (tertiary/aromatic N) is 1. The summed E-state index contributed by atoms with van der Waals surface area (Å²) in [5, 5.41) is 10.2. The van der Waals surface area contributed by atoms with Gasteiger partial charge in [-0.1, -0.05) is 38.0 Å². The number of rotatable bonds is 8. The summed E-state index contributed by atoms with van der Waals surface area (Å²) < 4.78 is 16.8. The molecule has 33 heavy (non-hydrogen) atoms. The zero-order valence-corrected chi connectivity index (χ0v) is 20.7. The van der Waals surface area contributed by atoms with E-state index in [4.69, 9.17) is 14.2 Å². The smallest absolute Gasteiger partial charge is 0.311 e. The Hall–Kier alpha value is -2.05. The Kier molecular flexibility index (Phi) is 7.06. The minimum Gasteiger partial charge on any atom is -0.493 e. The van der Waals surface area contributed by atoms with E-state index in [-0.39, 0.29) is 29.3 Å². The largest absolute Gasteiger partial charge is 0.493 e. The number of ether oxygens (including phenoxy) is 3. The number of methoxy groups -OCH3 is 2. The summed E-state index contributed by atoms with van der Waals surface area (Å²) >= 11 is 0. The van der Waals surface area contributed by atoms with Crippen LogP contribution in [0.3, 0.4) is 0 Å². The number of allylic oxidation sites excluding steroid dienone is 1. The zero-order valence-electron chi connectivity index (χ0n) is 20.7. The third-order valence-electron chi connectivity index (χ3n) is 7.91. The van der Waals surface area contributed by atoms with E-state index in [9.17, 15) is 9.90 Å². The van der Waals surface area contributed by atoms with Crippen LogP contribution < -0.4 is 9.47 Å². The minimum atomic E-state index is -0.496. The molecule has 1 saturated carbocycles. The summed E-state index contributed by atoms with van der Waals surface area (Å²) in [6, 6.07) is 5.86. The van der Waals surface area contributed by atoms with Crippen molar-refractivity contribution in [3.05, 3.63) is 35.4 Å². The molecule has 3 aliphatic rings. The van der Waals surface area contributed by atoms with Gasteiger partial charge in [-0.2, -0.15) is 0 Å². The molecule has 6 heteroatoms. The normalized spacial score (nSPS) is 32.0. The minimum absolute atomic E-state index is 0.0315. The number of aliphatic hydroxyl groups is 1. The lowest BCUT2D eigenvalue weighted by atomic mass is 9.59. The predicted molar refractivity (Wildman–Crippen MR) is 127 cm³/mol. The molecule has 1 aliphatic heterocycles. The van der Waals surface area contributed by atoms with Crippen molar-refractivity contribution in [1.82, 2.24) is 4.90 Å². The molecule has 0 unspecified atom stereocenters. The van der Waals surface area contributed by atoms with Crippen LogP contribution >= 0.6 is 0 Å². The van der Waals surface area contributed by atoms with Crippen molar-refractivity contribution in [2.45, 2.75) is 65.2 Å². The second kappa shape index (κ2) is 9.67. The summed E-state index contributed by atoms with van der Waals surface area (Å²) in [5.41, 5.74) is 2.74. The van der Waals surface area contributed by atoms with E-state index in [2.05, 4.69) is 24.8 Å². The molecule has 2 aliphatic carbocycles. The molecule has 0 aromatic heterocycles. The molecule has 0 radical (unpaired) electrons. The van der Waals surface area contributed by atoms with Crippen LogP contribution in [0.15, 0.2) is 29.8 Å². The maximum Gasteiger partial charge on any atom is 0.311 e. The maximum atomic E-state index is 13.0. The monoisotopic (exact) mass is 457 g/mol. The number of hydrogen-bond acceptors (Lipinski definition) is 6. The second-order valence-electron chi connectivity index (χ2n) is 10.6. The summed E-state index contributed by atoms with van der Waals surface area (Å²) in [6.45, 7) is 8.12. The SMILES string of the molecule is COc1ccc(CN(C[C@@H]2C(=O)O[C@@H]3C[C@]4(C)CCC[C@@H](C)C4=C[C@@H]23)C[C@@H](C)O)cc1OC. The molecular formula is C27H39NO5. The third kappa shape index (κ3) is 4.92. The lowest BCUT2D eigenvalue weighted by molar-refractivity contribution is -0.145. The van der Waals surface area contributed by atoms with Crippen LogP contribution in [-0.2, 0) is 16.1 Å². The Bertz CT molecular complexity index is 896. The van der Waals surface area contributed by atoms with Gasteiger partial charge in [0, 0.05) is 25.6 Å². The van der Waals surface area contributed by atoms with Crippen molar-refractivity contribution < 1.29 is 24.1 Å². The fourth-order valence-corrected chi connectivity index (χ4v) is 6.35. The molecule has 2 fully saturated rings. The molecule has 6 nitrogen and oxygen atoms in total. The molecule has 0 amide bonds. The second-order valence-corrected chi connectivity index (χ2v) is 10.6. The van der Waals surface area contributed by atoms with Gasteiger partial charge >= 0.3 is 5.97 Å². The quantitative estimate of drug-likeness (QED) is 0.466. The van der Waals surface area contributed by atoms with Gasteiger partial charge in [0.15, 0.2) is 11.5 Å². The van der Waals surface area contributed by atoms with Crippen molar-refractivity contribution in [2.24, 2.45) is 23.2 Å². The molecule has 1 heterocycles. The molecular weight excluding hydrogens is 418 g/mol. The molecule has 1 aromatic rings. The molecule has 6 atom stereocenters. The van der Waals surface area contributed by atoms with Crippen LogP contribution in [0, 0.1) is 23.2 Å². The van der Waals surface area contributed by atoms with Crippen molar-refractivity contribution >= 4 is 5.97 Å². The molecule has 4 rings (SSSR count). The first-order valence-electron chi connectivity index (χ1n) is 12.3. The summed E-state index contributed by atoms with van der Waals surface area (Å²) in [4.78, 5) is 15.2. The van der Waals surface area contributed by atoms with Crippen LogP contribution in [0.25, 0.3) is 0 Å². The van der Waals surface area contributed by atoms with Crippen molar-refractivity contribution in [3.63, 3.8) is 0 Å². The van der Waals surface area contributed by atoms with E-state index in [1.807, 2.05) is 18.2 Å². The van der Waals surface area contributed by atoms with Gasteiger partial charge in [0.25, 0.3) is 0 Å². The highest BCUT2D eigenvalue weighted by Crippen LogP contribution is 2.54. The number of aliphatic hydroxyl groups excluding tert-OH is 1. The van der Waals surface area contributed by atoms with E-state index >= 15 is 0 Å². The number of carbonyl (C=O) groups excluding carboxylic acids is 1. The highest BCUT2D eigenvalue weighted by atomic mass is 16.6. The fraction of sp³-hybridized carbons (Fsp3) is 0.667. The Morgan fingerprint density at radius 3 is 2.73 bits per heavy atom. The summed E-state index contributed by atoms with van der Waals surface area (Å²) in [6.07, 6.45) is 6.46. The van der Waals surface area contributed by atoms with E-state index in [0.29, 0.717) is 37.1 Å². The van der Waals surface area contributed by atoms with Crippen molar-refractivity contribution in [1.29, 1.82) is 0 Å². The fourth-order valence-electron chi connectivity index (χ4n) is 6.35. The van der Waals surface area contributed by atoms with Gasteiger partial charge in [0.1, 0.15) is 6.10 Å². The topological polar surface area (TPSA) is 68.2 Å². The maximum absolute atomic E-state index is 13.0. The van der Waals surface area contributed by atoms with E-state index in [1.165, 1.54) is 24.8 Å². The highest BCUT2D eigenvalue weighted by Gasteiger charge is 2.51. The standard InChI is InChI=1S/C27H39NO5/c1-17-7-6-10-27(3)13-25-20(12-22(17)27)21(26(30)33-25)16-28(14-18(2)29)15-19-8-9-23(31-4)24(11-19)32-5/h8-9,11-12,17-18,20-21,25,29H,6-7,10,13-16H2,1-5H3/t17-,18-,20+,21+,25-,27+/m1/s1. The average molecular weight is 458 g/mol. The van der Waals surface area contributed by atoms with Crippen LogP contribution in [-0.4, -0.2) is 55.5 Å². The molecule has 1 saturated heterocycles. The van der Waals surface area contributed by atoms with E-state index < -0.39 is 6.10 Å². The van der Waals surface area contributed by atoms with Gasteiger partial charge in [-0.3, -0.25) is 9.69 Å². The van der Waals surface area contributed by atoms with Crippen molar-refractivity contribution in [3.8, 4) is 11.5 Å². The number of hydrogen-bond donors (Lipinski definition) is 1. The molecule has 0 spiro atoms. The van der Waals surface area contributed by atoms with Crippen LogP contribution in [0.4, 0.5) is 0 Å². The first-order valence-corrected chi connectivity index (χ1v) is 12.3. The molecule has 0 bridgehead atoms. The number of benzene rings is 1. The lowest BCUT2D eigenvalue weighted by Crippen LogP contribution is -2.41. The number of fused-ring (bicyclic) bond motifs is 2. The number of carbonyl (C=O) groups is 1. The van der Waals surface area contributed by atoms with Crippen LogP contribution in [0.5, 0.6) is 11.5 Å². The van der Waals surface area contributed by atoms with Crippen LogP contribution in [0.2, 0.25) is 0 Å². The van der Waals surface area contributed by atoms with Crippen molar-refractivity contribution in [2.75, 3.05) is 27.3 Å².